The van der Waals surface area contributed by atoms with Crippen molar-refractivity contribution in [2.24, 2.45) is 0 Å². The highest BCUT2D eigenvalue weighted by Crippen LogP contribution is 2.26. The molecule has 0 aliphatic heterocycles. The fourth-order valence-electron chi connectivity index (χ4n) is 2.85. The van der Waals surface area contributed by atoms with Crippen molar-refractivity contribution in [2.45, 2.75) is 64.3 Å². The van der Waals surface area contributed by atoms with Gasteiger partial charge < -0.3 is 5.32 Å². The molecule has 104 valence electrons. The Bertz CT molecular complexity index is 439. The quantitative estimate of drug-likeness (QED) is 0.853. The second-order valence-electron chi connectivity index (χ2n) is 6.60. The van der Waals surface area contributed by atoms with Gasteiger partial charge in [-0.2, -0.15) is 0 Å². The Labute approximate surface area is 116 Å². The molecule has 2 heteroatoms. The molecule has 0 heterocycles. The average molecular weight is 259 g/mol. The van der Waals surface area contributed by atoms with Crippen molar-refractivity contribution in [3.63, 3.8) is 0 Å². The second kappa shape index (κ2) is 5.77. The summed E-state index contributed by atoms with van der Waals surface area (Å²) in [5, 5.41) is 3.21. The van der Waals surface area contributed by atoms with E-state index in [4.69, 9.17) is 0 Å². The number of benzene rings is 1. The summed E-state index contributed by atoms with van der Waals surface area (Å²) in [6.07, 6.45) is 6.05. The van der Waals surface area contributed by atoms with E-state index in [2.05, 4.69) is 32.2 Å². The Morgan fingerprint density at radius 3 is 2.37 bits per heavy atom. The number of carbonyl (C=O) groups excluding carboxylic acids is 1. The standard InChI is InChI=1S/C17H25NO/c1-17(2,3)15-12-8-7-11-14(15)16(19)18-13-9-5-4-6-10-13/h7-8,11-13H,4-6,9-10H2,1-3H3,(H,18,19). The highest BCUT2D eigenvalue weighted by molar-refractivity contribution is 5.96. The lowest BCUT2D eigenvalue weighted by Gasteiger charge is -2.26. The monoisotopic (exact) mass is 259 g/mol. The van der Waals surface area contributed by atoms with E-state index < -0.39 is 0 Å². The maximum Gasteiger partial charge on any atom is 0.251 e. The number of amides is 1. The molecule has 1 amide bonds. The molecule has 1 aliphatic carbocycles. The minimum Gasteiger partial charge on any atom is -0.349 e. The Kier molecular flexibility index (Phi) is 4.28. The van der Waals surface area contributed by atoms with Crippen LogP contribution in [0.1, 0.15) is 68.8 Å². The van der Waals surface area contributed by atoms with Gasteiger partial charge in [0.15, 0.2) is 0 Å². The van der Waals surface area contributed by atoms with Crippen LogP contribution in [0.25, 0.3) is 0 Å². The zero-order valence-corrected chi connectivity index (χ0v) is 12.3. The van der Waals surface area contributed by atoms with Crippen LogP contribution >= 0.6 is 0 Å². The lowest BCUT2D eigenvalue weighted by atomic mass is 9.83. The molecule has 1 aromatic carbocycles. The predicted molar refractivity (Wildman–Crippen MR) is 79.5 cm³/mol. The summed E-state index contributed by atoms with van der Waals surface area (Å²) in [6.45, 7) is 6.46. The Hall–Kier alpha value is -1.31. The van der Waals surface area contributed by atoms with Crippen molar-refractivity contribution in [1.82, 2.24) is 5.32 Å². The number of carbonyl (C=O) groups is 1. The van der Waals surface area contributed by atoms with Gasteiger partial charge in [0.05, 0.1) is 0 Å². The molecule has 0 spiro atoms. The van der Waals surface area contributed by atoms with Crippen molar-refractivity contribution >= 4 is 5.91 Å². The van der Waals surface area contributed by atoms with Gasteiger partial charge in [0, 0.05) is 11.6 Å². The number of nitrogens with one attached hydrogen (secondary N) is 1. The molecule has 1 N–H and O–H groups in total. The molecule has 0 unspecified atom stereocenters. The fraction of sp³-hybridized carbons (Fsp3) is 0.588. The number of hydrogen-bond acceptors (Lipinski definition) is 1. The predicted octanol–water partition coefficient (Wildman–Crippen LogP) is 4.05. The summed E-state index contributed by atoms with van der Waals surface area (Å²) in [4.78, 5) is 12.5. The maximum absolute atomic E-state index is 12.5. The molecule has 2 rings (SSSR count). The lowest BCUT2D eigenvalue weighted by molar-refractivity contribution is 0.0925. The van der Waals surface area contributed by atoms with Crippen LogP contribution in [-0.2, 0) is 5.41 Å². The van der Waals surface area contributed by atoms with E-state index in [1.54, 1.807) is 0 Å². The van der Waals surface area contributed by atoms with Crippen LogP contribution in [0.2, 0.25) is 0 Å². The van der Waals surface area contributed by atoms with Gasteiger partial charge in [0.1, 0.15) is 0 Å². The third-order valence-electron chi connectivity index (χ3n) is 3.92. The second-order valence-corrected chi connectivity index (χ2v) is 6.60. The summed E-state index contributed by atoms with van der Waals surface area (Å²) >= 11 is 0. The van der Waals surface area contributed by atoms with E-state index in [-0.39, 0.29) is 11.3 Å². The van der Waals surface area contributed by atoms with Gasteiger partial charge in [0.25, 0.3) is 5.91 Å². The molecule has 19 heavy (non-hydrogen) atoms. The zero-order valence-electron chi connectivity index (χ0n) is 12.3. The van der Waals surface area contributed by atoms with E-state index >= 15 is 0 Å². The fourth-order valence-corrected chi connectivity index (χ4v) is 2.85. The SMILES string of the molecule is CC(C)(C)c1ccccc1C(=O)NC1CCCCC1. The molecule has 1 aliphatic rings. The summed E-state index contributed by atoms with van der Waals surface area (Å²) < 4.78 is 0. The molecule has 1 saturated carbocycles. The summed E-state index contributed by atoms with van der Waals surface area (Å²) in [6, 6.07) is 8.34. The average Bonchev–Trinajstić information content (AvgIpc) is 2.39. The summed E-state index contributed by atoms with van der Waals surface area (Å²) in [5.41, 5.74) is 1.96. The van der Waals surface area contributed by atoms with Gasteiger partial charge in [-0.25, -0.2) is 0 Å². The zero-order chi connectivity index (χ0) is 13.9. The van der Waals surface area contributed by atoms with Crippen LogP contribution in [0.5, 0.6) is 0 Å². The summed E-state index contributed by atoms with van der Waals surface area (Å²) in [7, 11) is 0. The van der Waals surface area contributed by atoms with Crippen molar-refractivity contribution in [3.05, 3.63) is 35.4 Å². The van der Waals surface area contributed by atoms with Gasteiger partial charge in [-0.1, -0.05) is 58.2 Å². The minimum absolute atomic E-state index is 0.000494. The first kappa shape index (κ1) is 14.1. The van der Waals surface area contributed by atoms with Crippen LogP contribution in [0.4, 0.5) is 0 Å². The Balaban J connectivity index is 2.14. The topological polar surface area (TPSA) is 29.1 Å². The molecule has 0 atom stereocenters. The largest absolute Gasteiger partial charge is 0.349 e. The first-order chi connectivity index (χ1) is 8.98. The van der Waals surface area contributed by atoms with E-state index in [1.807, 2.05) is 18.2 Å². The lowest BCUT2D eigenvalue weighted by Crippen LogP contribution is -2.37. The molecule has 1 fully saturated rings. The molecule has 0 radical (unpaired) electrons. The third kappa shape index (κ3) is 3.59. The van der Waals surface area contributed by atoms with E-state index in [0.29, 0.717) is 6.04 Å². The first-order valence-electron chi connectivity index (χ1n) is 7.39. The van der Waals surface area contributed by atoms with Crippen molar-refractivity contribution < 1.29 is 4.79 Å². The Morgan fingerprint density at radius 2 is 1.74 bits per heavy atom. The van der Waals surface area contributed by atoms with Crippen LogP contribution in [0, 0.1) is 0 Å². The maximum atomic E-state index is 12.5. The molecular weight excluding hydrogens is 234 g/mol. The van der Waals surface area contributed by atoms with Crippen molar-refractivity contribution in [2.75, 3.05) is 0 Å². The first-order valence-corrected chi connectivity index (χ1v) is 7.39. The van der Waals surface area contributed by atoms with Gasteiger partial charge in [-0.05, 0) is 29.9 Å². The highest BCUT2D eigenvalue weighted by Gasteiger charge is 2.23. The van der Waals surface area contributed by atoms with Crippen molar-refractivity contribution in [3.8, 4) is 0 Å². The summed E-state index contributed by atoms with van der Waals surface area (Å²) in [5.74, 6) is 0.0948. The van der Waals surface area contributed by atoms with Gasteiger partial charge in [-0.15, -0.1) is 0 Å². The van der Waals surface area contributed by atoms with Gasteiger partial charge in [-0.3, -0.25) is 4.79 Å². The van der Waals surface area contributed by atoms with Crippen LogP contribution in [-0.4, -0.2) is 11.9 Å². The molecule has 0 aromatic heterocycles. The minimum atomic E-state index is 0.000494. The van der Waals surface area contributed by atoms with Gasteiger partial charge in [0.2, 0.25) is 0 Å². The van der Waals surface area contributed by atoms with E-state index in [0.717, 1.165) is 24.0 Å². The number of hydrogen-bond donors (Lipinski definition) is 1. The molecule has 1 aromatic rings. The number of rotatable bonds is 2. The molecule has 0 bridgehead atoms. The smallest absolute Gasteiger partial charge is 0.251 e. The van der Waals surface area contributed by atoms with Crippen molar-refractivity contribution in [1.29, 1.82) is 0 Å². The van der Waals surface area contributed by atoms with Crippen LogP contribution < -0.4 is 5.32 Å². The van der Waals surface area contributed by atoms with Gasteiger partial charge >= 0.3 is 0 Å². The Morgan fingerprint density at radius 1 is 1.11 bits per heavy atom. The van der Waals surface area contributed by atoms with E-state index in [9.17, 15) is 4.79 Å². The molecule has 0 saturated heterocycles. The van der Waals surface area contributed by atoms with E-state index in [1.165, 1.54) is 19.3 Å². The highest BCUT2D eigenvalue weighted by atomic mass is 16.1. The van der Waals surface area contributed by atoms with Crippen LogP contribution in [0.3, 0.4) is 0 Å². The normalized spacial score (nSPS) is 17.2. The third-order valence-corrected chi connectivity index (χ3v) is 3.92. The van der Waals surface area contributed by atoms with Crippen LogP contribution in [0.15, 0.2) is 24.3 Å². The molecule has 2 nitrogen and oxygen atoms in total. The molecular formula is C17H25NO.